The van der Waals surface area contributed by atoms with E-state index in [1.54, 1.807) is 7.11 Å². The highest BCUT2D eigenvalue weighted by molar-refractivity contribution is 5.51. The van der Waals surface area contributed by atoms with Crippen molar-refractivity contribution in [3.05, 3.63) is 179 Å². The summed E-state index contributed by atoms with van der Waals surface area (Å²) in [6.45, 7) is 1.97. The van der Waals surface area contributed by atoms with Crippen LogP contribution in [-0.2, 0) is 50.1 Å². The summed E-state index contributed by atoms with van der Waals surface area (Å²) in [5.41, 5.74) is 5.32. The van der Waals surface area contributed by atoms with Crippen molar-refractivity contribution in [2.45, 2.75) is 56.9 Å². The van der Waals surface area contributed by atoms with E-state index in [4.69, 9.17) is 28.4 Å². The summed E-state index contributed by atoms with van der Waals surface area (Å²) in [6.07, 6.45) is 1.80. The number of ether oxygens (including phenoxy) is 6. The molecule has 1 aliphatic heterocycles. The number of rotatable bonds is 16. The van der Waals surface area contributed by atoms with Crippen LogP contribution in [0.15, 0.2) is 152 Å². The molecule has 252 valence electrons. The molecule has 0 aromatic heterocycles. The SMILES string of the molecule is COc1ccc(/C=C/[C@H]2O[C@H](COCc3ccccc3)[C@H](OCc3ccccc3)[C@H](OCc3ccccc3)[C@H]2OCc2ccccc2)cc1. The van der Waals surface area contributed by atoms with Gasteiger partial charge in [-0.1, -0.05) is 146 Å². The first-order valence-corrected chi connectivity index (χ1v) is 16.8. The standard InChI is InChI=1S/C43H44O6/c1-44-38-25-22-33(23-26-38)24-27-39-41(46-29-35-16-8-3-9-17-35)43(48-31-37-20-12-5-13-21-37)42(47-30-36-18-10-4-11-19-36)40(49-39)32-45-28-34-14-6-2-7-15-34/h2-27,39-43H,28-32H2,1H3/b27-24+/t39-,40-,41+,42+,43-/m1/s1. The Bertz CT molecular complexity index is 1660. The summed E-state index contributed by atoms with van der Waals surface area (Å²) in [7, 11) is 1.67. The molecular weight excluding hydrogens is 612 g/mol. The molecule has 6 rings (SSSR count). The molecule has 0 amide bonds. The first-order valence-electron chi connectivity index (χ1n) is 16.8. The zero-order chi connectivity index (χ0) is 33.5. The monoisotopic (exact) mass is 656 g/mol. The van der Waals surface area contributed by atoms with Crippen LogP contribution >= 0.6 is 0 Å². The van der Waals surface area contributed by atoms with Crippen molar-refractivity contribution < 1.29 is 28.4 Å². The molecule has 0 radical (unpaired) electrons. The van der Waals surface area contributed by atoms with E-state index in [0.29, 0.717) is 33.0 Å². The summed E-state index contributed by atoms with van der Waals surface area (Å²) in [5.74, 6) is 0.804. The van der Waals surface area contributed by atoms with E-state index in [1.165, 1.54) is 0 Å². The third kappa shape index (κ3) is 10.2. The zero-order valence-corrected chi connectivity index (χ0v) is 27.9. The first kappa shape index (κ1) is 34.3. The fourth-order valence-electron chi connectivity index (χ4n) is 5.90. The second kappa shape index (κ2) is 18.3. The summed E-state index contributed by atoms with van der Waals surface area (Å²) < 4.78 is 39.0. The van der Waals surface area contributed by atoms with Gasteiger partial charge in [0.25, 0.3) is 0 Å². The molecular formula is C43H44O6. The fourth-order valence-corrected chi connectivity index (χ4v) is 5.90. The molecule has 1 heterocycles. The van der Waals surface area contributed by atoms with Crippen molar-refractivity contribution >= 4 is 6.08 Å². The van der Waals surface area contributed by atoms with Gasteiger partial charge in [0.1, 0.15) is 36.3 Å². The molecule has 0 saturated carbocycles. The van der Waals surface area contributed by atoms with Crippen molar-refractivity contribution in [1.82, 2.24) is 0 Å². The second-order valence-corrected chi connectivity index (χ2v) is 12.1. The Labute approximate surface area is 289 Å². The highest BCUT2D eigenvalue weighted by atomic mass is 16.6. The van der Waals surface area contributed by atoms with Gasteiger partial charge in [-0.15, -0.1) is 0 Å². The maximum atomic E-state index is 6.91. The molecule has 5 aromatic carbocycles. The Hall–Kier alpha value is -4.56. The lowest BCUT2D eigenvalue weighted by Gasteiger charge is -2.45. The number of methoxy groups -OCH3 is 1. The third-order valence-corrected chi connectivity index (χ3v) is 8.51. The van der Waals surface area contributed by atoms with Gasteiger partial charge in [0.2, 0.25) is 0 Å². The average molecular weight is 657 g/mol. The molecule has 5 aromatic rings. The summed E-state index contributed by atoms with van der Waals surface area (Å²) in [4.78, 5) is 0. The molecule has 0 unspecified atom stereocenters. The van der Waals surface area contributed by atoms with Crippen LogP contribution in [0.25, 0.3) is 6.08 Å². The van der Waals surface area contributed by atoms with Crippen LogP contribution in [0.1, 0.15) is 27.8 Å². The Morgan fingerprint density at radius 2 is 0.959 bits per heavy atom. The van der Waals surface area contributed by atoms with Crippen molar-refractivity contribution in [2.24, 2.45) is 0 Å². The summed E-state index contributed by atoms with van der Waals surface area (Å²) in [6, 6.07) is 48.6. The lowest BCUT2D eigenvalue weighted by Crippen LogP contribution is -2.60. The van der Waals surface area contributed by atoms with Gasteiger partial charge in [-0.05, 0) is 39.9 Å². The Morgan fingerprint density at radius 1 is 0.510 bits per heavy atom. The van der Waals surface area contributed by atoms with E-state index < -0.39 is 30.5 Å². The molecule has 0 N–H and O–H groups in total. The molecule has 0 bridgehead atoms. The minimum absolute atomic E-state index is 0.317. The number of benzene rings is 5. The van der Waals surface area contributed by atoms with Gasteiger partial charge in [-0.3, -0.25) is 0 Å². The number of hydrogen-bond donors (Lipinski definition) is 0. The lowest BCUT2D eigenvalue weighted by molar-refractivity contribution is -0.263. The van der Waals surface area contributed by atoms with Crippen molar-refractivity contribution in [3.8, 4) is 5.75 Å². The average Bonchev–Trinajstić information content (AvgIpc) is 3.17. The lowest BCUT2D eigenvalue weighted by atomic mass is 9.93. The van der Waals surface area contributed by atoms with E-state index in [2.05, 4.69) is 60.7 Å². The predicted octanol–water partition coefficient (Wildman–Crippen LogP) is 8.45. The smallest absolute Gasteiger partial charge is 0.118 e. The second-order valence-electron chi connectivity index (χ2n) is 12.1. The Kier molecular flexibility index (Phi) is 12.8. The van der Waals surface area contributed by atoms with Gasteiger partial charge in [-0.2, -0.15) is 0 Å². The van der Waals surface area contributed by atoms with Crippen LogP contribution in [0.4, 0.5) is 0 Å². The predicted molar refractivity (Wildman–Crippen MR) is 192 cm³/mol. The van der Waals surface area contributed by atoms with Crippen LogP contribution in [0.5, 0.6) is 5.75 Å². The summed E-state index contributed by atoms with van der Waals surface area (Å²) in [5, 5.41) is 0. The molecule has 0 aliphatic carbocycles. The van der Waals surface area contributed by atoms with Gasteiger partial charge in [0.05, 0.1) is 40.1 Å². The maximum absolute atomic E-state index is 6.91. The molecule has 5 atom stereocenters. The molecule has 6 nitrogen and oxygen atoms in total. The third-order valence-electron chi connectivity index (χ3n) is 8.51. The van der Waals surface area contributed by atoms with E-state index in [0.717, 1.165) is 33.6 Å². The molecule has 1 aliphatic rings. The number of hydrogen-bond acceptors (Lipinski definition) is 6. The minimum Gasteiger partial charge on any atom is -0.497 e. The van der Waals surface area contributed by atoms with Crippen LogP contribution in [-0.4, -0.2) is 44.2 Å². The van der Waals surface area contributed by atoms with Gasteiger partial charge < -0.3 is 28.4 Å². The quantitative estimate of drug-likeness (QED) is 0.106. The molecule has 49 heavy (non-hydrogen) atoms. The maximum Gasteiger partial charge on any atom is 0.118 e. The Balaban J connectivity index is 1.32. The van der Waals surface area contributed by atoms with Crippen molar-refractivity contribution in [2.75, 3.05) is 13.7 Å². The van der Waals surface area contributed by atoms with Crippen LogP contribution in [0.2, 0.25) is 0 Å². The summed E-state index contributed by atoms with van der Waals surface area (Å²) >= 11 is 0. The van der Waals surface area contributed by atoms with Crippen LogP contribution in [0.3, 0.4) is 0 Å². The first-order chi connectivity index (χ1) is 24.2. The molecule has 1 saturated heterocycles. The highest BCUT2D eigenvalue weighted by Crippen LogP contribution is 2.32. The zero-order valence-electron chi connectivity index (χ0n) is 27.9. The van der Waals surface area contributed by atoms with Gasteiger partial charge in [-0.25, -0.2) is 0 Å². The van der Waals surface area contributed by atoms with E-state index in [1.807, 2.05) is 97.1 Å². The van der Waals surface area contributed by atoms with E-state index >= 15 is 0 Å². The van der Waals surface area contributed by atoms with Crippen LogP contribution in [0, 0.1) is 0 Å². The topological polar surface area (TPSA) is 55.4 Å². The highest BCUT2D eigenvalue weighted by Gasteiger charge is 2.47. The van der Waals surface area contributed by atoms with E-state index in [9.17, 15) is 0 Å². The molecule has 6 heteroatoms. The molecule has 0 spiro atoms. The minimum atomic E-state index is -0.482. The largest absolute Gasteiger partial charge is 0.497 e. The normalized spacial score (nSPS) is 20.7. The van der Waals surface area contributed by atoms with Crippen molar-refractivity contribution in [3.63, 3.8) is 0 Å². The van der Waals surface area contributed by atoms with Crippen molar-refractivity contribution in [1.29, 1.82) is 0 Å². The van der Waals surface area contributed by atoms with Gasteiger partial charge in [0, 0.05) is 0 Å². The van der Waals surface area contributed by atoms with Gasteiger partial charge in [0.15, 0.2) is 0 Å². The fraction of sp³-hybridized carbons (Fsp3) is 0.256. The molecule has 1 fully saturated rings. The van der Waals surface area contributed by atoms with Crippen LogP contribution < -0.4 is 4.74 Å². The van der Waals surface area contributed by atoms with Gasteiger partial charge >= 0.3 is 0 Å². The Morgan fingerprint density at radius 3 is 1.45 bits per heavy atom. The van der Waals surface area contributed by atoms with E-state index in [-0.39, 0.29) is 0 Å².